The number of carboxylic acid groups (broad SMARTS) is 2. The minimum absolute atomic E-state index is 0.0607. The van der Waals surface area contributed by atoms with Crippen LogP contribution in [0.1, 0.15) is 37.8 Å². The van der Waals surface area contributed by atoms with Crippen molar-refractivity contribution < 1.29 is 50.9 Å². The number of halogens is 6. The normalized spacial score (nSPS) is 19.7. The second-order valence-corrected chi connectivity index (χ2v) is 8.93. The lowest BCUT2D eigenvalue weighted by Crippen LogP contribution is -2.45. The van der Waals surface area contributed by atoms with Crippen molar-refractivity contribution in [3.05, 3.63) is 30.1 Å². The number of nitrogens with zero attached hydrogens (tertiary/aromatic N) is 3. The molecule has 4 rings (SSSR count). The van der Waals surface area contributed by atoms with Gasteiger partial charge in [-0.15, -0.1) is 0 Å². The van der Waals surface area contributed by atoms with Crippen molar-refractivity contribution in [2.45, 2.75) is 51.0 Å². The van der Waals surface area contributed by atoms with Crippen LogP contribution in [0.5, 0.6) is 0 Å². The molecule has 0 radical (unpaired) electrons. The number of hydrogen-bond acceptors (Lipinski definition) is 5. The number of piperidine rings is 1. The molecular formula is C22H27F6N3O5. The summed E-state index contributed by atoms with van der Waals surface area (Å²) in [6.07, 6.45) is -2.39. The topological polar surface area (TPSA) is 111 Å². The van der Waals surface area contributed by atoms with E-state index in [2.05, 4.69) is 9.88 Å². The Labute approximate surface area is 202 Å². The van der Waals surface area contributed by atoms with Crippen LogP contribution in [0.4, 0.5) is 26.3 Å². The van der Waals surface area contributed by atoms with Crippen molar-refractivity contribution in [2.24, 2.45) is 11.3 Å². The van der Waals surface area contributed by atoms with Gasteiger partial charge in [-0.3, -0.25) is 9.78 Å². The van der Waals surface area contributed by atoms with Crippen LogP contribution in [0, 0.1) is 11.3 Å². The Bertz CT molecular complexity index is 874. The number of aliphatic carboxylic acids is 2. The fourth-order valence-corrected chi connectivity index (χ4v) is 4.02. The molecule has 14 heteroatoms. The SMILES string of the molecule is O=C(O)C(F)(F)F.O=C(O)C(F)(F)F.O=C1N(Cc2ccccn2)CCC12CCN(CC1CC1)CC2. The number of pyridine rings is 1. The van der Waals surface area contributed by atoms with Crippen LogP contribution in [0.25, 0.3) is 0 Å². The van der Waals surface area contributed by atoms with Crippen LogP contribution >= 0.6 is 0 Å². The third-order valence-electron chi connectivity index (χ3n) is 6.19. The van der Waals surface area contributed by atoms with Gasteiger partial charge in [0.2, 0.25) is 5.91 Å². The van der Waals surface area contributed by atoms with Crippen molar-refractivity contribution in [2.75, 3.05) is 26.2 Å². The Kier molecular flexibility index (Phi) is 9.69. The van der Waals surface area contributed by atoms with E-state index in [0.29, 0.717) is 12.5 Å². The minimum atomic E-state index is -5.08. The van der Waals surface area contributed by atoms with Gasteiger partial charge in [-0.1, -0.05) is 6.07 Å². The monoisotopic (exact) mass is 527 g/mol. The Hall–Kier alpha value is -2.90. The molecule has 0 unspecified atom stereocenters. The first-order valence-electron chi connectivity index (χ1n) is 11.2. The number of rotatable bonds is 4. The van der Waals surface area contributed by atoms with E-state index in [1.807, 2.05) is 29.3 Å². The highest BCUT2D eigenvalue weighted by molar-refractivity contribution is 5.85. The van der Waals surface area contributed by atoms with Gasteiger partial charge < -0.3 is 20.0 Å². The van der Waals surface area contributed by atoms with E-state index < -0.39 is 24.3 Å². The molecule has 202 valence electrons. The Morgan fingerprint density at radius 3 is 1.86 bits per heavy atom. The summed E-state index contributed by atoms with van der Waals surface area (Å²) in [6, 6.07) is 5.93. The van der Waals surface area contributed by atoms with Gasteiger partial charge >= 0.3 is 24.3 Å². The number of aromatic nitrogens is 1. The van der Waals surface area contributed by atoms with Gasteiger partial charge in [0.05, 0.1) is 17.7 Å². The van der Waals surface area contributed by atoms with Gasteiger partial charge in [-0.2, -0.15) is 26.3 Å². The summed E-state index contributed by atoms with van der Waals surface area (Å²) < 4.78 is 63.5. The van der Waals surface area contributed by atoms with E-state index >= 15 is 0 Å². The van der Waals surface area contributed by atoms with E-state index in [1.54, 1.807) is 0 Å². The first kappa shape index (κ1) is 29.3. The van der Waals surface area contributed by atoms with Gasteiger partial charge in [0.1, 0.15) is 0 Å². The lowest BCUT2D eigenvalue weighted by atomic mass is 9.77. The Balaban J connectivity index is 0.000000271. The highest BCUT2D eigenvalue weighted by Gasteiger charge is 2.48. The Morgan fingerprint density at radius 1 is 0.944 bits per heavy atom. The third kappa shape index (κ3) is 8.95. The number of alkyl halides is 6. The molecule has 1 saturated carbocycles. The predicted octanol–water partition coefficient (Wildman–Crippen LogP) is 3.57. The predicted molar refractivity (Wildman–Crippen MR) is 112 cm³/mol. The van der Waals surface area contributed by atoms with Gasteiger partial charge in [-0.25, -0.2) is 9.59 Å². The van der Waals surface area contributed by atoms with Crippen molar-refractivity contribution in [1.29, 1.82) is 0 Å². The summed E-state index contributed by atoms with van der Waals surface area (Å²) in [6.45, 7) is 5.06. The first-order chi connectivity index (χ1) is 16.6. The second-order valence-electron chi connectivity index (χ2n) is 8.93. The summed E-state index contributed by atoms with van der Waals surface area (Å²) in [5.41, 5.74) is 0.938. The van der Waals surface area contributed by atoms with Crippen LogP contribution in [-0.2, 0) is 20.9 Å². The number of carboxylic acids is 2. The molecule has 3 heterocycles. The van der Waals surface area contributed by atoms with E-state index in [0.717, 1.165) is 50.5 Å². The van der Waals surface area contributed by atoms with Crippen LogP contribution in [0.15, 0.2) is 24.4 Å². The van der Waals surface area contributed by atoms with Crippen molar-refractivity contribution in [1.82, 2.24) is 14.8 Å². The number of amides is 1. The quantitative estimate of drug-likeness (QED) is 0.576. The molecule has 3 fully saturated rings. The van der Waals surface area contributed by atoms with Crippen molar-refractivity contribution in [3.8, 4) is 0 Å². The van der Waals surface area contributed by atoms with Crippen LogP contribution in [0.2, 0.25) is 0 Å². The first-order valence-corrected chi connectivity index (χ1v) is 11.2. The summed E-state index contributed by atoms with van der Waals surface area (Å²) in [5, 5.41) is 14.2. The zero-order chi connectivity index (χ0) is 27.1. The fraction of sp³-hybridized carbons (Fsp3) is 0.636. The number of hydrogen-bond donors (Lipinski definition) is 2. The third-order valence-corrected chi connectivity index (χ3v) is 6.19. The molecule has 0 bridgehead atoms. The van der Waals surface area contributed by atoms with E-state index in [-0.39, 0.29) is 5.41 Å². The highest BCUT2D eigenvalue weighted by Crippen LogP contribution is 2.42. The summed E-state index contributed by atoms with van der Waals surface area (Å²) >= 11 is 0. The summed E-state index contributed by atoms with van der Waals surface area (Å²) in [5.74, 6) is -4.18. The Morgan fingerprint density at radius 2 is 1.44 bits per heavy atom. The van der Waals surface area contributed by atoms with Gasteiger partial charge in [0.15, 0.2) is 0 Å². The minimum Gasteiger partial charge on any atom is -0.475 e. The molecule has 1 aromatic rings. The zero-order valence-electron chi connectivity index (χ0n) is 19.2. The second kappa shape index (κ2) is 11.9. The molecule has 1 aromatic heterocycles. The molecule has 2 aliphatic heterocycles. The molecule has 0 aromatic carbocycles. The van der Waals surface area contributed by atoms with Gasteiger partial charge in [0, 0.05) is 19.3 Å². The molecule has 1 spiro atoms. The average Bonchev–Trinajstić information content (AvgIpc) is 3.56. The number of carbonyl (C=O) groups is 3. The standard InChI is InChI=1S/C18H25N3O.2C2HF3O2/c22-17-18(6-10-20(11-7-18)13-15-4-5-15)8-12-21(17)14-16-3-1-2-9-19-16;2*3-2(4,5)1(6)7/h1-3,9,15H,4-8,10-14H2;2*(H,6,7). The number of carbonyl (C=O) groups excluding carboxylic acids is 1. The molecule has 8 nitrogen and oxygen atoms in total. The lowest BCUT2D eigenvalue weighted by Gasteiger charge is -2.38. The summed E-state index contributed by atoms with van der Waals surface area (Å²) in [7, 11) is 0. The van der Waals surface area contributed by atoms with E-state index in [4.69, 9.17) is 19.8 Å². The molecule has 0 atom stereocenters. The molecule has 1 aliphatic carbocycles. The van der Waals surface area contributed by atoms with Gasteiger partial charge in [-0.05, 0) is 63.2 Å². The molecule has 2 N–H and O–H groups in total. The molecule has 36 heavy (non-hydrogen) atoms. The van der Waals surface area contributed by atoms with E-state index in [9.17, 15) is 31.1 Å². The molecule has 3 aliphatic rings. The zero-order valence-corrected chi connectivity index (χ0v) is 19.2. The maximum atomic E-state index is 12.9. The largest absolute Gasteiger partial charge is 0.490 e. The maximum Gasteiger partial charge on any atom is 0.490 e. The fourth-order valence-electron chi connectivity index (χ4n) is 4.02. The van der Waals surface area contributed by atoms with Crippen LogP contribution in [-0.4, -0.2) is 81.4 Å². The smallest absolute Gasteiger partial charge is 0.475 e. The molecule has 1 amide bonds. The molecule has 2 saturated heterocycles. The lowest BCUT2D eigenvalue weighted by molar-refractivity contribution is -0.193. The van der Waals surface area contributed by atoms with Gasteiger partial charge in [0.25, 0.3) is 0 Å². The van der Waals surface area contributed by atoms with E-state index in [1.165, 1.54) is 19.4 Å². The van der Waals surface area contributed by atoms with Crippen molar-refractivity contribution in [3.63, 3.8) is 0 Å². The maximum absolute atomic E-state index is 12.9. The van der Waals surface area contributed by atoms with Crippen LogP contribution < -0.4 is 0 Å². The summed E-state index contributed by atoms with van der Waals surface area (Å²) in [4.78, 5) is 39.7. The van der Waals surface area contributed by atoms with Crippen molar-refractivity contribution >= 4 is 17.8 Å². The highest BCUT2D eigenvalue weighted by atomic mass is 19.4. The van der Waals surface area contributed by atoms with Crippen LogP contribution in [0.3, 0.4) is 0 Å². The average molecular weight is 527 g/mol. The molecular weight excluding hydrogens is 500 g/mol. The number of likely N-dealkylation sites (tertiary alicyclic amines) is 2.